The van der Waals surface area contributed by atoms with Crippen molar-refractivity contribution >= 4 is 35.8 Å². The molecule has 3 aliphatic rings. The zero-order valence-electron chi connectivity index (χ0n) is 23.8. The molecule has 2 aromatic carbocycles. The molecule has 1 aliphatic carbocycles. The Morgan fingerprint density at radius 3 is 2.14 bits per heavy atom. The summed E-state index contributed by atoms with van der Waals surface area (Å²) in [5.74, 6) is -2.06. The summed E-state index contributed by atoms with van der Waals surface area (Å²) in [5.41, 5.74) is 9.71. The number of carboxylic acids is 2. The molecule has 6 N–H and O–H groups in total. The van der Waals surface area contributed by atoms with Gasteiger partial charge in [-0.2, -0.15) is 11.8 Å². The van der Waals surface area contributed by atoms with Crippen LogP contribution in [-0.2, 0) is 14.3 Å². The molecular formula is C31H38N4O7S. The van der Waals surface area contributed by atoms with Gasteiger partial charge < -0.3 is 31.3 Å². The number of amides is 3. The molecule has 2 heterocycles. The maximum atomic E-state index is 13.7. The van der Waals surface area contributed by atoms with Gasteiger partial charge in [-0.25, -0.2) is 19.2 Å². The zero-order valence-corrected chi connectivity index (χ0v) is 24.6. The number of thioether (sulfide) groups is 1. The lowest BCUT2D eigenvalue weighted by Gasteiger charge is -2.34. The van der Waals surface area contributed by atoms with Crippen molar-refractivity contribution in [2.75, 3.05) is 18.9 Å². The summed E-state index contributed by atoms with van der Waals surface area (Å²) in [7, 11) is 0. The number of urea groups is 1. The van der Waals surface area contributed by atoms with Crippen LogP contribution in [0.15, 0.2) is 48.5 Å². The van der Waals surface area contributed by atoms with Crippen LogP contribution in [0.2, 0.25) is 0 Å². The van der Waals surface area contributed by atoms with Crippen LogP contribution in [0.1, 0.15) is 55.6 Å². The maximum absolute atomic E-state index is 13.7. The predicted octanol–water partition coefficient (Wildman–Crippen LogP) is 3.61. The lowest BCUT2D eigenvalue weighted by molar-refractivity contribution is -0.150. The van der Waals surface area contributed by atoms with E-state index < -0.39 is 30.1 Å². The number of hydrogen-bond acceptors (Lipinski definition) is 7. The predicted molar refractivity (Wildman–Crippen MR) is 162 cm³/mol. The highest BCUT2D eigenvalue weighted by molar-refractivity contribution is 8.00. The Morgan fingerprint density at radius 2 is 1.53 bits per heavy atom. The quantitative estimate of drug-likeness (QED) is 0.158. The van der Waals surface area contributed by atoms with E-state index in [4.69, 9.17) is 10.5 Å². The highest BCUT2D eigenvalue weighted by Crippen LogP contribution is 2.44. The minimum atomic E-state index is -1.40. The number of fused-ring (bicyclic) bond motifs is 4. The van der Waals surface area contributed by atoms with Crippen LogP contribution in [-0.4, -0.2) is 87.5 Å². The fourth-order valence-electron chi connectivity index (χ4n) is 6.54. The number of hydrogen-bond donors (Lipinski definition) is 5. The molecule has 5 rings (SSSR count). The molecule has 2 aromatic rings. The number of nitrogens with zero attached hydrogens (tertiary/aromatic N) is 1. The third-order valence-electron chi connectivity index (χ3n) is 8.62. The van der Waals surface area contributed by atoms with E-state index in [1.54, 1.807) is 11.8 Å². The highest BCUT2D eigenvalue weighted by Gasteiger charge is 2.44. The van der Waals surface area contributed by atoms with Crippen molar-refractivity contribution < 1.29 is 34.1 Å². The van der Waals surface area contributed by atoms with E-state index in [1.165, 1.54) is 0 Å². The van der Waals surface area contributed by atoms with Crippen LogP contribution in [0.25, 0.3) is 11.1 Å². The van der Waals surface area contributed by atoms with Crippen molar-refractivity contribution in [3.63, 3.8) is 0 Å². The lowest BCUT2D eigenvalue weighted by atomic mass is 9.98. The molecule has 2 aliphatic heterocycles. The van der Waals surface area contributed by atoms with E-state index in [0.717, 1.165) is 32.9 Å². The van der Waals surface area contributed by atoms with Gasteiger partial charge in [0.25, 0.3) is 0 Å². The molecule has 0 bridgehead atoms. The Labute approximate surface area is 254 Å². The van der Waals surface area contributed by atoms with Crippen molar-refractivity contribution in [3.05, 3.63) is 59.7 Å². The van der Waals surface area contributed by atoms with Crippen molar-refractivity contribution in [2.45, 2.75) is 73.9 Å². The molecule has 3 amide bonds. The molecule has 0 spiro atoms. The number of nitrogens with one attached hydrogen (secondary N) is 2. The summed E-state index contributed by atoms with van der Waals surface area (Å²) < 4.78 is 5.79. The highest BCUT2D eigenvalue weighted by atomic mass is 32.2. The topological polar surface area (TPSA) is 171 Å². The van der Waals surface area contributed by atoms with Gasteiger partial charge in [-0.3, -0.25) is 4.90 Å². The molecule has 230 valence electrons. The molecule has 2 saturated heterocycles. The number of nitrogens with two attached hydrogens (primary N) is 1. The molecule has 0 saturated carbocycles. The third-order valence-corrected chi connectivity index (χ3v) is 10.1. The second kappa shape index (κ2) is 13.7. The number of ether oxygens (including phenoxy) is 1. The van der Waals surface area contributed by atoms with Gasteiger partial charge in [-0.05, 0) is 67.3 Å². The van der Waals surface area contributed by atoms with Gasteiger partial charge in [-0.15, -0.1) is 0 Å². The molecule has 1 unspecified atom stereocenters. The van der Waals surface area contributed by atoms with Gasteiger partial charge in [0.2, 0.25) is 0 Å². The molecule has 0 radical (unpaired) electrons. The molecule has 5 atom stereocenters. The number of benzene rings is 2. The lowest BCUT2D eigenvalue weighted by Crippen LogP contribution is -2.54. The van der Waals surface area contributed by atoms with E-state index >= 15 is 0 Å². The second-order valence-corrected chi connectivity index (χ2v) is 12.5. The number of unbranched alkanes of at least 4 members (excludes halogenated alkanes) is 1. The average molecular weight is 611 g/mol. The fraction of sp³-hybridized carbons (Fsp3) is 0.484. The Balaban J connectivity index is 1.33. The monoisotopic (exact) mass is 610 g/mol. The van der Waals surface area contributed by atoms with Crippen LogP contribution >= 0.6 is 11.8 Å². The third kappa shape index (κ3) is 6.59. The first-order valence-corrected chi connectivity index (χ1v) is 15.8. The fourth-order valence-corrected chi connectivity index (χ4v) is 8.08. The number of aliphatic carboxylic acids is 2. The average Bonchev–Trinajstić information content (AvgIpc) is 3.65. The van der Waals surface area contributed by atoms with E-state index in [-0.39, 0.29) is 48.7 Å². The van der Waals surface area contributed by atoms with Crippen molar-refractivity contribution in [1.82, 2.24) is 15.5 Å². The standard InChI is InChI=1S/C31H38N4O7S/c32-15-6-5-12-24(28(36)37)35(25(29(38)39)13-7-14-26-27-23(17-43-26)33-30(40)34-27)31(41)42-16-22-20-10-3-1-8-18(20)19-9-2-4-11-21(19)22/h1-4,8-11,22-27H,5-7,12-17,32H2,(H,36,37)(H,38,39)(H2,33,34,40)/t23-,24-,25?,26-,27-/m0/s1. The van der Waals surface area contributed by atoms with Crippen LogP contribution < -0.4 is 16.4 Å². The van der Waals surface area contributed by atoms with Crippen LogP contribution in [0, 0.1) is 0 Å². The van der Waals surface area contributed by atoms with Gasteiger partial charge in [0.15, 0.2) is 0 Å². The Bertz CT molecular complexity index is 1310. The summed E-state index contributed by atoms with van der Waals surface area (Å²) in [4.78, 5) is 51.5. The summed E-state index contributed by atoms with van der Waals surface area (Å²) in [6.07, 6.45) is 1.15. The van der Waals surface area contributed by atoms with Gasteiger partial charge in [0.05, 0.1) is 12.1 Å². The summed E-state index contributed by atoms with van der Waals surface area (Å²) in [6.45, 7) is 0.297. The number of carboxylic acid groups (broad SMARTS) is 2. The normalized spacial score (nSPS) is 21.6. The minimum Gasteiger partial charge on any atom is -0.480 e. The van der Waals surface area contributed by atoms with Gasteiger partial charge in [0.1, 0.15) is 18.7 Å². The number of carbonyl (C=O) groups is 4. The molecular weight excluding hydrogens is 572 g/mol. The Hall–Kier alpha value is -3.77. The number of carbonyl (C=O) groups excluding carboxylic acids is 2. The summed E-state index contributed by atoms with van der Waals surface area (Å²) >= 11 is 1.71. The van der Waals surface area contributed by atoms with Crippen LogP contribution in [0.3, 0.4) is 0 Å². The van der Waals surface area contributed by atoms with E-state index in [0.29, 0.717) is 32.2 Å². The smallest absolute Gasteiger partial charge is 0.411 e. The first-order valence-electron chi connectivity index (χ1n) is 14.8. The van der Waals surface area contributed by atoms with E-state index in [1.807, 2.05) is 48.5 Å². The largest absolute Gasteiger partial charge is 0.480 e. The Morgan fingerprint density at radius 1 is 0.930 bits per heavy atom. The van der Waals surface area contributed by atoms with Gasteiger partial charge >= 0.3 is 24.1 Å². The first-order chi connectivity index (χ1) is 20.8. The van der Waals surface area contributed by atoms with Crippen molar-refractivity contribution in [1.29, 1.82) is 0 Å². The SMILES string of the molecule is NCCCC[C@@H](C(=O)O)N(C(=O)OCC1c2ccccc2-c2ccccc21)C(CCC[C@@H]1SC[C@@H]2NC(=O)N[C@@H]21)C(=O)O. The van der Waals surface area contributed by atoms with Crippen LogP contribution in [0.5, 0.6) is 0 Å². The van der Waals surface area contributed by atoms with E-state index in [2.05, 4.69) is 10.6 Å². The van der Waals surface area contributed by atoms with Gasteiger partial charge in [-0.1, -0.05) is 48.5 Å². The summed E-state index contributed by atoms with van der Waals surface area (Å²) in [6, 6.07) is 12.7. The van der Waals surface area contributed by atoms with Crippen molar-refractivity contribution in [2.24, 2.45) is 5.73 Å². The van der Waals surface area contributed by atoms with Crippen molar-refractivity contribution in [3.8, 4) is 11.1 Å². The van der Waals surface area contributed by atoms with Crippen LogP contribution in [0.4, 0.5) is 9.59 Å². The minimum absolute atomic E-state index is 0.0361. The molecule has 2 fully saturated rings. The maximum Gasteiger partial charge on any atom is 0.411 e. The summed E-state index contributed by atoms with van der Waals surface area (Å²) in [5, 5.41) is 26.4. The molecule has 43 heavy (non-hydrogen) atoms. The zero-order chi connectivity index (χ0) is 30.5. The molecule has 0 aromatic heterocycles. The first kappa shape index (κ1) is 30.7. The molecule has 11 nitrogen and oxygen atoms in total. The molecule has 12 heteroatoms. The van der Waals surface area contributed by atoms with Gasteiger partial charge in [0, 0.05) is 16.9 Å². The van der Waals surface area contributed by atoms with E-state index in [9.17, 15) is 29.4 Å². The number of rotatable bonds is 14. The Kier molecular flexibility index (Phi) is 9.76. The second-order valence-electron chi connectivity index (χ2n) is 11.3.